The molecular weight excluding hydrogens is 138 g/mol. The Labute approximate surface area is 69.5 Å². The molecule has 0 aromatic rings. The Hall–Kier alpha value is -0.0800. The molecule has 0 radical (unpaired) electrons. The lowest BCUT2D eigenvalue weighted by Gasteiger charge is -2.32. The third-order valence-corrected chi connectivity index (χ3v) is 2.60. The van der Waals surface area contributed by atoms with E-state index in [0.29, 0.717) is 12.1 Å². The van der Waals surface area contributed by atoms with Crippen LogP contribution in [0.15, 0.2) is 0 Å². The molecule has 66 valence electrons. The maximum Gasteiger partial charge on any atom is 0.0625 e. The summed E-state index contributed by atoms with van der Waals surface area (Å²) >= 11 is 0. The molecule has 0 saturated carbocycles. The average molecular weight is 157 g/mol. The van der Waals surface area contributed by atoms with Gasteiger partial charge in [-0.3, -0.25) is 0 Å². The molecule has 0 bridgehead atoms. The van der Waals surface area contributed by atoms with Crippen LogP contribution in [0.25, 0.3) is 0 Å². The van der Waals surface area contributed by atoms with Gasteiger partial charge in [0.25, 0.3) is 0 Å². The van der Waals surface area contributed by atoms with Gasteiger partial charge >= 0.3 is 0 Å². The van der Waals surface area contributed by atoms with E-state index in [9.17, 15) is 0 Å². The second-order valence-corrected chi connectivity index (χ2v) is 3.45. The Kier molecular flexibility index (Phi) is 3.34. The Bertz CT molecular complexity index is 108. The number of likely N-dealkylation sites (N-methyl/N-ethyl adjacent to an activating group) is 1. The number of hydrogen-bond donors (Lipinski definition) is 0. The summed E-state index contributed by atoms with van der Waals surface area (Å²) in [5, 5.41) is 0. The monoisotopic (exact) mass is 157 g/mol. The molecule has 2 nitrogen and oxygen atoms in total. The highest BCUT2D eigenvalue weighted by Crippen LogP contribution is 2.16. The molecule has 11 heavy (non-hydrogen) atoms. The van der Waals surface area contributed by atoms with Crippen LogP contribution < -0.4 is 0 Å². The van der Waals surface area contributed by atoms with Gasteiger partial charge in [0.15, 0.2) is 0 Å². The minimum atomic E-state index is 0.483. The second kappa shape index (κ2) is 4.07. The highest BCUT2D eigenvalue weighted by molar-refractivity contribution is 4.73. The standard InChI is InChI=1S/C9H19NO/c1-4-10(3)9-6-5-8(2)11-7-9/h8-9H,4-7H2,1-3H3. The lowest BCUT2D eigenvalue weighted by atomic mass is 10.1. The van der Waals surface area contributed by atoms with Crippen molar-refractivity contribution in [3.63, 3.8) is 0 Å². The normalized spacial score (nSPS) is 32.7. The first-order valence-electron chi connectivity index (χ1n) is 4.56. The molecule has 1 aliphatic heterocycles. The molecule has 0 aromatic carbocycles. The van der Waals surface area contributed by atoms with Crippen LogP contribution >= 0.6 is 0 Å². The van der Waals surface area contributed by atoms with E-state index in [2.05, 4.69) is 25.8 Å². The Balaban J connectivity index is 2.27. The van der Waals surface area contributed by atoms with Crippen LogP contribution in [0.2, 0.25) is 0 Å². The van der Waals surface area contributed by atoms with Gasteiger partial charge < -0.3 is 9.64 Å². The molecule has 0 aliphatic carbocycles. The van der Waals surface area contributed by atoms with Crippen molar-refractivity contribution < 1.29 is 4.74 Å². The van der Waals surface area contributed by atoms with Crippen LogP contribution in [-0.4, -0.2) is 37.2 Å². The second-order valence-electron chi connectivity index (χ2n) is 3.45. The highest BCUT2D eigenvalue weighted by atomic mass is 16.5. The van der Waals surface area contributed by atoms with Gasteiger partial charge in [0.1, 0.15) is 0 Å². The molecule has 1 fully saturated rings. The lowest BCUT2D eigenvalue weighted by Crippen LogP contribution is -2.40. The van der Waals surface area contributed by atoms with E-state index < -0.39 is 0 Å². The van der Waals surface area contributed by atoms with Crippen molar-refractivity contribution in [3.8, 4) is 0 Å². The van der Waals surface area contributed by atoms with Crippen LogP contribution in [0.5, 0.6) is 0 Å². The smallest absolute Gasteiger partial charge is 0.0625 e. The Morgan fingerprint density at radius 2 is 2.18 bits per heavy atom. The molecule has 2 heteroatoms. The maximum absolute atomic E-state index is 5.57. The summed E-state index contributed by atoms with van der Waals surface area (Å²) in [6, 6.07) is 0.663. The minimum Gasteiger partial charge on any atom is -0.377 e. The number of nitrogens with zero attached hydrogens (tertiary/aromatic N) is 1. The zero-order chi connectivity index (χ0) is 8.27. The fraction of sp³-hybridized carbons (Fsp3) is 1.00. The van der Waals surface area contributed by atoms with E-state index >= 15 is 0 Å². The topological polar surface area (TPSA) is 12.5 Å². The van der Waals surface area contributed by atoms with Crippen molar-refractivity contribution >= 4 is 0 Å². The molecule has 1 rings (SSSR count). The molecule has 1 saturated heterocycles. The summed E-state index contributed by atoms with van der Waals surface area (Å²) in [5.41, 5.74) is 0. The van der Waals surface area contributed by atoms with Gasteiger partial charge in [-0.15, -0.1) is 0 Å². The van der Waals surface area contributed by atoms with Crippen LogP contribution in [0.1, 0.15) is 26.7 Å². The van der Waals surface area contributed by atoms with E-state index in [0.717, 1.165) is 13.2 Å². The van der Waals surface area contributed by atoms with Gasteiger partial charge in [0.2, 0.25) is 0 Å². The molecule has 0 spiro atoms. The highest BCUT2D eigenvalue weighted by Gasteiger charge is 2.20. The van der Waals surface area contributed by atoms with E-state index in [1.165, 1.54) is 12.8 Å². The van der Waals surface area contributed by atoms with Crippen molar-refractivity contribution in [2.24, 2.45) is 0 Å². The molecule has 2 unspecified atom stereocenters. The van der Waals surface area contributed by atoms with E-state index in [1.807, 2.05) is 0 Å². The number of ether oxygens (including phenoxy) is 1. The van der Waals surface area contributed by atoms with Crippen LogP contribution in [-0.2, 0) is 4.74 Å². The number of hydrogen-bond acceptors (Lipinski definition) is 2. The summed E-state index contributed by atoms with van der Waals surface area (Å²) in [7, 11) is 2.17. The largest absolute Gasteiger partial charge is 0.377 e. The summed E-state index contributed by atoms with van der Waals surface area (Å²) in [6.45, 7) is 6.40. The SMILES string of the molecule is CCN(C)C1CCC(C)OC1. The summed E-state index contributed by atoms with van der Waals surface area (Å²) in [4.78, 5) is 2.37. The quantitative estimate of drug-likeness (QED) is 0.602. The average Bonchev–Trinajstić information content (AvgIpc) is 2.05. The molecule has 1 aliphatic rings. The van der Waals surface area contributed by atoms with Crippen molar-refractivity contribution in [3.05, 3.63) is 0 Å². The zero-order valence-corrected chi connectivity index (χ0v) is 7.84. The van der Waals surface area contributed by atoms with Crippen molar-refractivity contribution in [1.82, 2.24) is 4.90 Å². The Morgan fingerprint density at radius 3 is 2.64 bits per heavy atom. The van der Waals surface area contributed by atoms with Gasteiger partial charge in [-0.2, -0.15) is 0 Å². The predicted molar refractivity (Wildman–Crippen MR) is 46.7 cm³/mol. The predicted octanol–water partition coefficient (Wildman–Crippen LogP) is 1.51. The van der Waals surface area contributed by atoms with Gasteiger partial charge in [-0.05, 0) is 33.4 Å². The van der Waals surface area contributed by atoms with E-state index in [4.69, 9.17) is 4.74 Å². The summed E-state index contributed by atoms with van der Waals surface area (Å²) < 4.78 is 5.57. The molecule has 2 atom stereocenters. The lowest BCUT2D eigenvalue weighted by molar-refractivity contribution is -0.0203. The van der Waals surface area contributed by atoms with Crippen LogP contribution in [0.4, 0.5) is 0 Å². The van der Waals surface area contributed by atoms with Crippen molar-refractivity contribution in [2.75, 3.05) is 20.2 Å². The Morgan fingerprint density at radius 1 is 1.45 bits per heavy atom. The van der Waals surface area contributed by atoms with Crippen LogP contribution in [0.3, 0.4) is 0 Å². The van der Waals surface area contributed by atoms with Gasteiger partial charge in [-0.25, -0.2) is 0 Å². The van der Waals surface area contributed by atoms with Gasteiger partial charge in [0, 0.05) is 6.04 Å². The first kappa shape index (κ1) is 9.01. The fourth-order valence-electron chi connectivity index (χ4n) is 1.47. The molecule has 0 N–H and O–H groups in total. The van der Waals surface area contributed by atoms with Crippen molar-refractivity contribution in [2.45, 2.75) is 38.8 Å². The summed E-state index contributed by atoms with van der Waals surface area (Å²) in [6.07, 6.45) is 3.00. The molecule has 1 heterocycles. The maximum atomic E-state index is 5.57. The molecule has 0 aromatic heterocycles. The first-order valence-corrected chi connectivity index (χ1v) is 4.56. The summed E-state index contributed by atoms with van der Waals surface area (Å²) in [5.74, 6) is 0. The van der Waals surface area contributed by atoms with Crippen molar-refractivity contribution in [1.29, 1.82) is 0 Å². The molecular formula is C9H19NO. The fourth-order valence-corrected chi connectivity index (χ4v) is 1.47. The van der Waals surface area contributed by atoms with E-state index in [-0.39, 0.29) is 0 Å². The van der Waals surface area contributed by atoms with Gasteiger partial charge in [-0.1, -0.05) is 6.92 Å². The first-order chi connectivity index (χ1) is 5.24. The van der Waals surface area contributed by atoms with Crippen LogP contribution in [0, 0.1) is 0 Å². The third kappa shape index (κ3) is 2.46. The number of rotatable bonds is 2. The minimum absolute atomic E-state index is 0.483. The third-order valence-electron chi connectivity index (χ3n) is 2.60. The zero-order valence-electron chi connectivity index (χ0n) is 7.84. The molecule has 0 amide bonds. The van der Waals surface area contributed by atoms with E-state index in [1.54, 1.807) is 0 Å². The van der Waals surface area contributed by atoms with Gasteiger partial charge in [0.05, 0.1) is 12.7 Å².